The maximum Gasteiger partial charge on any atom is 0.494 e. The van der Waals surface area contributed by atoms with Crippen LogP contribution in [0.2, 0.25) is 0 Å². The molecule has 4 rings (SSSR count). The van der Waals surface area contributed by atoms with Crippen LogP contribution in [0.15, 0.2) is 18.2 Å². The van der Waals surface area contributed by atoms with Gasteiger partial charge in [0.2, 0.25) is 5.92 Å². The van der Waals surface area contributed by atoms with Gasteiger partial charge in [-0.2, -0.15) is 0 Å². The van der Waals surface area contributed by atoms with Gasteiger partial charge >= 0.3 is 7.12 Å². The minimum absolute atomic E-state index is 0.000672. The standard InChI is InChI=1S/C22H33BF2N2O3/c1-19(2)20(3,4)30-23(29-19)16-7-8-17(18(11-16)28-10-9-26(5)6)27-14-21(15-27)12-22(24,25)13-21/h7-8,11H,9-10,12-15H2,1-6H3. The summed E-state index contributed by atoms with van der Waals surface area (Å²) in [6.07, 6.45) is -0.00134. The van der Waals surface area contributed by atoms with Gasteiger partial charge in [-0.3, -0.25) is 0 Å². The lowest BCUT2D eigenvalue weighted by Gasteiger charge is -2.59. The third kappa shape index (κ3) is 3.94. The third-order valence-electron chi connectivity index (χ3n) is 6.97. The van der Waals surface area contributed by atoms with Gasteiger partial charge in [0, 0.05) is 37.9 Å². The molecule has 2 saturated heterocycles. The van der Waals surface area contributed by atoms with Crippen molar-refractivity contribution in [1.82, 2.24) is 4.90 Å². The number of alkyl halides is 2. The van der Waals surface area contributed by atoms with E-state index in [1.807, 2.05) is 60.0 Å². The quantitative estimate of drug-likeness (QED) is 0.658. The molecule has 1 aliphatic carbocycles. The fourth-order valence-corrected chi connectivity index (χ4v) is 4.57. The second kappa shape index (κ2) is 7.07. The predicted molar refractivity (Wildman–Crippen MR) is 115 cm³/mol. The van der Waals surface area contributed by atoms with Gasteiger partial charge in [0.05, 0.1) is 16.9 Å². The summed E-state index contributed by atoms with van der Waals surface area (Å²) in [6.45, 7) is 10.8. The third-order valence-corrected chi connectivity index (χ3v) is 6.97. The summed E-state index contributed by atoms with van der Waals surface area (Å²) in [7, 11) is 3.54. The summed E-state index contributed by atoms with van der Waals surface area (Å²) in [6, 6.07) is 5.99. The second-order valence-electron chi connectivity index (χ2n) is 10.5. The van der Waals surface area contributed by atoms with Crippen molar-refractivity contribution in [2.24, 2.45) is 5.41 Å². The normalized spacial score (nSPS) is 25.4. The summed E-state index contributed by atoms with van der Waals surface area (Å²) in [5.74, 6) is -1.73. The van der Waals surface area contributed by atoms with Crippen LogP contribution in [-0.2, 0) is 9.31 Å². The van der Waals surface area contributed by atoms with E-state index in [-0.39, 0.29) is 18.3 Å². The van der Waals surface area contributed by atoms with Crippen molar-refractivity contribution in [2.45, 2.75) is 57.7 Å². The molecule has 166 valence electrons. The lowest BCUT2D eigenvalue weighted by atomic mass is 9.61. The van der Waals surface area contributed by atoms with E-state index < -0.39 is 24.2 Å². The number of ether oxygens (including phenoxy) is 1. The van der Waals surface area contributed by atoms with Crippen LogP contribution in [0.4, 0.5) is 14.5 Å². The molecule has 0 radical (unpaired) electrons. The first-order valence-corrected chi connectivity index (χ1v) is 10.7. The van der Waals surface area contributed by atoms with Gasteiger partial charge in [0.1, 0.15) is 12.4 Å². The first-order chi connectivity index (χ1) is 13.8. The van der Waals surface area contributed by atoms with Gasteiger partial charge in [-0.05, 0) is 59.4 Å². The number of benzene rings is 1. The molecule has 3 fully saturated rings. The van der Waals surface area contributed by atoms with Crippen molar-refractivity contribution in [3.63, 3.8) is 0 Å². The van der Waals surface area contributed by atoms with Crippen LogP contribution in [0.5, 0.6) is 5.75 Å². The molecule has 0 atom stereocenters. The fraction of sp³-hybridized carbons (Fsp3) is 0.727. The summed E-state index contributed by atoms with van der Waals surface area (Å²) in [4.78, 5) is 4.21. The molecule has 0 aromatic heterocycles. The number of hydrogen-bond donors (Lipinski definition) is 0. The number of rotatable bonds is 6. The maximum atomic E-state index is 13.4. The van der Waals surface area contributed by atoms with E-state index in [1.165, 1.54) is 0 Å². The molecule has 1 spiro atoms. The van der Waals surface area contributed by atoms with Gasteiger partial charge in [0.25, 0.3) is 0 Å². The number of likely N-dealkylation sites (N-methyl/N-ethyl adjacent to an activating group) is 1. The molecule has 1 saturated carbocycles. The predicted octanol–water partition coefficient (Wildman–Crippen LogP) is 3.16. The highest BCUT2D eigenvalue weighted by molar-refractivity contribution is 6.62. The van der Waals surface area contributed by atoms with Crippen molar-refractivity contribution in [2.75, 3.05) is 45.2 Å². The molecule has 8 heteroatoms. The average Bonchev–Trinajstić information content (AvgIpc) is 2.78. The molecule has 30 heavy (non-hydrogen) atoms. The molecule has 0 amide bonds. The van der Waals surface area contributed by atoms with E-state index in [2.05, 4.69) is 9.80 Å². The zero-order valence-electron chi connectivity index (χ0n) is 18.9. The topological polar surface area (TPSA) is 34.2 Å². The van der Waals surface area contributed by atoms with Crippen LogP contribution in [-0.4, -0.2) is 69.5 Å². The Morgan fingerprint density at radius 3 is 2.20 bits per heavy atom. The van der Waals surface area contributed by atoms with Crippen LogP contribution in [0, 0.1) is 5.41 Å². The number of hydrogen-bond acceptors (Lipinski definition) is 5. The number of halogens is 2. The first kappa shape index (κ1) is 21.8. The van der Waals surface area contributed by atoms with Gasteiger partial charge < -0.3 is 23.8 Å². The number of anilines is 1. The molecule has 5 nitrogen and oxygen atoms in total. The minimum atomic E-state index is -2.49. The monoisotopic (exact) mass is 422 g/mol. The van der Waals surface area contributed by atoms with Crippen LogP contribution in [0.25, 0.3) is 0 Å². The smallest absolute Gasteiger partial charge is 0.490 e. The van der Waals surface area contributed by atoms with E-state index >= 15 is 0 Å². The van der Waals surface area contributed by atoms with Crippen molar-refractivity contribution < 1.29 is 22.8 Å². The number of nitrogens with zero attached hydrogens (tertiary/aromatic N) is 2. The fourth-order valence-electron chi connectivity index (χ4n) is 4.57. The molecule has 3 aliphatic rings. The van der Waals surface area contributed by atoms with E-state index in [9.17, 15) is 8.78 Å². The highest BCUT2D eigenvalue weighted by Gasteiger charge is 2.62. The van der Waals surface area contributed by atoms with Crippen LogP contribution >= 0.6 is 0 Å². The highest BCUT2D eigenvalue weighted by Crippen LogP contribution is 2.58. The van der Waals surface area contributed by atoms with Gasteiger partial charge in [-0.1, -0.05) is 6.07 Å². The summed E-state index contributed by atoms with van der Waals surface area (Å²) < 4.78 is 45.3. The van der Waals surface area contributed by atoms with Crippen LogP contribution < -0.4 is 15.1 Å². The molecule has 0 N–H and O–H groups in total. The Labute approximate surface area is 178 Å². The van der Waals surface area contributed by atoms with E-state index in [4.69, 9.17) is 14.0 Å². The molecule has 0 bridgehead atoms. The zero-order chi connectivity index (χ0) is 21.9. The Bertz CT molecular complexity index is 784. The summed E-state index contributed by atoms with van der Waals surface area (Å²) in [5.41, 5.74) is 0.801. The molecular formula is C22H33BF2N2O3. The minimum Gasteiger partial charge on any atom is -0.490 e. The van der Waals surface area contributed by atoms with Gasteiger partial charge in [-0.25, -0.2) is 8.78 Å². The average molecular weight is 422 g/mol. The van der Waals surface area contributed by atoms with Crippen LogP contribution in [0.3, 0.4) is 0 Å². The van der Waals surface area contributed by atoms with Gasteiger partial charge in [0.15, 0.2) is 0 Å². The SMILES string of the molecule is CN(C)CCOc1cc(B2OC(C)(C)C(C)(C)O2)ccc1N1CC2(C1)CC(F)(F)C2. The zero-order valence-corrected chi connectivity index (χ0v) is 18.9. The molecule has 1 aromatic rings. The molecule has 2 heterocycles. The summed E-state index contributed by atoms with van der Waals surface area (Å²) in [5, 5.41) is 0. The highest BCUT2D eigenvalue weighted by atomic mass is 19.3. The lowest BCUT2D eigenvalue weighted by Crippen LogP contribution is -2.66. The van der Waals surface area contributed by atoms with Crippen molar-refractivity contribution >= 4 is 18.3 Å². The van der Waals surface area contributed by atoms with Crippen molar-refractivity contribution in [3.05, 3.63) is 18.2 Å². The Kier molecular flexibility index (Phi) is 5.15. The van der Waals surface area contributed by atoms with Gasteiger partial charge in [-0.15, -0.1) is 0 Å². The van der Waals surface area contributed by atoms with E-state index in [0.717, 1.165) is 23.4 Å². The van der Waals surface area contributed by atoms with Crippen molar-refractivity contribution in [1.29, 1.82) is 0 Å². The van der Waals surface area contributed by atoms with E-state index in [0.29, 0.717) is 19.7 Å². The van der Waals surface area contributed by atoms with Crippen LogP contribution in [0.1, 0.15) is 40.5 Å². The largest absolute Gasteiger partial charge is 0.494 e. The molecule has 2 aliphatic heterocycles. The Morgan fingerprint density at radius 1 is 1.07 bits per heavy atom. The molecular weight excluding hydrogens is 389 g/mol. The Balaban J connectivity index is 1.52. The Morgan fingerprint density at radius 2 is 1.67 bits per heavy atom. The second-order valence-corrected chi connectivity index (χ2v) is 10.5. The van der Waals surface area contributed by atoms with Crippen molar-refractivity contribution in [3.8, 4) is 5.75 Å². The first-order valence-electron chi connectivity index (χ1n) is 10.7. The molecule has 0 unspecified atom stereocenters. The van der Waals surface area contributed by atoms with E-state index in [1.54, 1.807) is 0 Å². The summed E-state index contributed by atoms with van der Waals surface area (Å²) >= 11 is 0. The molecule has 1 aromatic carbocycles. The lowest BCUT2D eigenvalue weighted by molar-refractivity contribution is -0.170. The maximum absolute atomic E-state index is 13.4. The Hall–Kier alpha value is -1.38.